The zero-order chi connectivity index (χ0) is 87.4. The zero-order valence-corrected chi connectivity index (χ0v) is 79.9. The fraction of sp³-hybridized carbons (Fsp3) is 0.443. The van der Waals surface area contributed by atoms with Gasteiger partial charge in [0.05, 0.1) is 0 Å². The van der Waals surface area contributed by atoms with Crippen molar-refractivity contribution < 1.29 is 8.83 Å². The van der Waals surface area contributed by atoms with Gasteiger partial charge in [0.15, 0.2) is 0 Å². The Kier molecular flexibility index (Phi) is 17.6. The van der Waals surface area contributed by atoms with Gasteiger partial charge in [-0.1, -0.05) is 260 Å². The average Bonchev–Trinajstić information content (AvgIpc) is 1.67. The molecule has 6 nitrogen and oxygen atoms in total. The van der Waals surface area contributed by atoms with Crippen molar-refractivity contribution in [3.8, 4) is 0 Å². The van der Waals surface area contributed by atoms with Gasteiger partial charge in [-0.25, -0.2) is 0 Å². The lowest BCUT2D eigenvalue weighted by Gasteiger charge is -2.48. The van der Waals surface area contributed by atoms with Crippen molar-refractivity contribution in [2.24, 2.45) is 0 Å². The highest BCUT2D eigenvalue weighted by Crippen LogP contribution is 2.59. The highest BCUT2D eigenvalue weighted by molar-refractivity contribution is 7.02. The van der Waals surface area contributed by atoms with Crippen LogP contribution in [0.25, 0.3) is 21.9 Å². The van der Waals surface area contributed by atoms with E-state index in [1.165, 1.54) is 179 Å². The molecule has 0 unspecified atom stereocenters. The largest absolute Gasteiger partial charge is 0.440 e. The average molecular weight is 1630 g/mol. The molecule has 6 heterocycles. The Labute approximate surface area is 737 Å². The topological polar surface area (TPSA) is 39.2 Å². The van der Waals surface area contributed by atoms with Crippen LogP contribution in [0.5, 0.6) is 0 Å². The Morgan fingerprint density at radius 2 is 0.610 bits per heavy atom. The zero-order valence-electron chi connectivity index (χ0n) is 79.9. The number of hydrogen-bond donors (Lipinski definition) is 0. The smallest absolute Gasteiger partial charge is 0.257 e. The predicted octanol–water partition coefficient (Wildman–Crippen LogP) is 28.2. The standard InChI is InChI=1S/C115H134B2N4O2/c1-67-54-78-82(112(22,23)50-46-108(78,14)15)63-88(67)120-91-66-85-81(111(20,21)49-53-115(85,28)29)62-87(91)117-99-77-56-69(34-43-97(77)123-103(99)118(74-39-35-70(36-40-74)104(3,4)5)92-57-72(106(9,10)11)58-94(120)100(92)117)44-45-107(12,13)73-59-93-101-95(60-73)121(89-64-83-79(55-68(89)2)109(16,17)47-51-113(83,24)25)90-65-84-80(110(18,19)48-52-114(84,26)27)61-86(90)116(101)98-76-32-30-31-33-96(76)122-102(98)119(93)75-41-37-71(38-42-75)105(6,7)8/h30-43,54-66H,44-53H2,1-29H3. The van der Waals surface area contributed by atoms with E-state index in [0.29, 0.717) is 0 Å². The third kappa shape index (κ3) is 12.5. The maximum atomic E-state index is 7.83. The van der Waals surface area contributed by atoms with Crippen LogP contribution >= 0.6 is 0 Å². The first-order chi connectivity index (χ1) is 57.4. The van der Waals surface area contributed by atoms with Crippen LogP contribution in [-0.4, -0.2) is 13.4 Å². The van der Waals surface area contributed by atoms with E-state index in [-0.39, 0.29) is 78.4 Å². The Hall–Kier alpha value is -9.39. The third-order valence-corrected chi connectivity index (χ3v) is 32.8. The number of hydrogen-bond acceptors (Lipinski definition) is 6. The van der Waals surface area contributed by atoms with E-state index in [2.05, 4.69) is 384 Å². The van der Waals surface area contributed by atoms with Crippen LogP contribution in [0.3, 0.4) is 0 Å². The SMILES string of the molecule is Cc1cc2c(cc1N1c3cc4c(cc3B3c5c1cc(C(C)(C)CCc1ccc6oc7c(c6c1)B1c6cc8c(cc6N(c6cc9c(cc6C)C(C)(C)CCC9(C)C)c6cc(C(C)(C)C)cc(c61)N7c1ccc(C(C)(C)C)cc1)C(C)(C)CCC8(C)C)cc5N(c1ccc(C(C)(C)C)cc1)c1oc5ccccc5c13)C(C)(C)CCC4(C)C)C(C)(C)CCC2(C)C. The van der Waals surface area contributed by atoms with Crippen LogP contribution in [0.15, 0.2) is 173 Å². The Morgan fingerprint density at radius 1 is 0.293 bits per heavy atom. The summed E-state index contributed by atoms with van der Waals surface area (Å²) < 4.78 is 15.4. The highest BCUT2D eigenvalue weighted by atomic mass is 16.4. The summed E-state index contributed by atoms with van der Waals surface area (Å²) in [6, 6.07) is 67.1. The quantitative estimate of drug-likeness (QED) is 0.141. The minimum absolute atomic E-state index is 0.00133. The van der Waals surface area contributed by atoms with Gasteiger partial charge in [-0.05, 0) is 339 Å². The Bertz CT molecular complexity index is 6470. The summed E-state index contributed by atoms with van der Waals surface area (Å²) >= 11 is 0. The normalized spacial score (nSPS) is 19.3. The van der Waals surface area contributed by atoms with Gasteiger partial charge in [-0.2, -0.15) is 0 Å². The molecule has 4 aliphatic carbocycles. The van der Waals surface area contributed by atoms with Gasteiger partial charge < -0.3 is 18.6 Å². The summed E-state index contributed by atoms with van der Waals surface area (Å²) in [5.41, 5.74) is 42.3. The van der Waals surface area contributed by atoms with Crippen LogP contribution < -0.4 is 52.4 Å². The monoisotopic (exact) mass is 1630 g/mol. The maximum absolute atomic E-state index is 7.83. The van der Waals surface area contributed by atoms with Gasteiger partial charge in [0.25, 0.3) is 13.4 Å². The molecule has 0 atom stereocenters. The number of para-hydroxylation sites is 1. The van der Waals surface area contributed by atoms with Crippen LogP contribution in [0.1, 0.15) is 328 Å². The van der Waals surface area contributed by atoms with Gasteiger partial charge in [-0.15, -0.1) is 0 Å². The Balaban J connectivity index is 0.808. The predicted molar refractivity (Wildman–Crippen MR) is 529 cm³/mol. The van der Waals surface area contributed by atoms with Crippen molar-refractivity contribution in [3.63, 3.8) is 0 Å². The van der Waals surface area contributed by atoms with Gasteiger partial charge in [0.2, 0.25) is 11.8 Å². The molecular formula is C115H134B2N4O2. The lowest BCUT2D eigenvalue weighted by molar-refractivity contribution is 0.331. The molecule has 0 fully saturated rings. The second-order valence-electron chi connectivity index (χ2n) is 48.6. The Morgan fingerprint density at radius 3 is 0.984 bits per heavy atom. The number of nitrogens with zero attached hydrogens (tertiary/aromatic N) is 4. The van der Waals surface area contributed by atoms with Crippen LogP contribution in [0, 0.1) is 13.8 Å². The van der Waals surface area contributed by atoms with Gasteiger partial charge in [0.1, 0.15) is 11.2 Å². The lowest BCUT2D eigenvalue weighted by atomic mass is 9.33. The van der Waals surface area contributed by atoms with Crippen LogP contribution in [0.2, 0.25) is 0 Å². The van der Waals surface area contributed by atoms with E-state index in [0.717, 1.165) is 92.1 Å². The summed E-state index contributed by atoms with van der Waals surface area (Å²) in [7, 11) is 0. The van der Waals surface area contributed by atoms with Gasteiger partial charge in [-0.3, -0.25) is 9.80 Å². The molecule has 0 saturated carbocycles. The van der Waals surface area contributed by atoms with Crippen molar-refractivity contribution in [1.29, 1.82) is 0 Å². The van der Waals surface area contributed by atoms with Crippen molar-refractivity contribution in [3.05, 3.63) is 247 Å². The van der Waals surface area contributed by atoms with E-state index in [1.807, 2.05) is 0 Å². The van der Waals surface area contributed by atoms with Crippen molar-refractivity contribution in [2.45, 2.75) is 330 Å². The lowest BCUT2D eigenvalue weighted by Crippen LogP contribution is -2.61. The number of furan rings is 2. The number of rotatable bonds is 8. The first-order valence-corrected chi connectivity index (χ1v) is 46.9. The van der Waals surface area contributed by atoms with Crippen molar-refractivity contribution in [2.75, 3.05) is 19.6 Å². The second kappa shape index (κ2) is 26.4. The molecule has 123 heavy (non-hydrogen) atoms. The first-order valence-electron chi connectivity index (χ1n) is 46.9. The summed E-state index contributed by atoms with van der Waals surface area (Å²) in [4.78, 5) is 10.7. The highest BCUT2D eigenvalue weighted by Gasteiger charge is 2.54. The molecule has 2 aromatic heterocycles. The van der Waals surface area contributed by atoms with Gasteiger partial charge in [0, 0.05) is 78.6 Å². The molecule has 8 aliphatic rings. The molecule has 0 N–H and O–H groups in total. The molecule has 20 rings (SSSR count). The fourth-order valence-corrected chi connectivity index (χ4v) is 23.9. The molecule has 12 aromatic rings. The molecule has 0 amide bonds. The molecule has 8 heteroatoms. The first kappa shape index (κ1) is 81.9. The minimum Gasteiger partial charge on any atom is -0.440 e. The van der Waals surface area contributed by atoms with E-state index in [9.17, 15) is 0 Å². The summed E-state index contributed by atoms with van der Waals surface area (Å²) in [5, 5.41) is 2.37. The maximum Gasteiger partial charge on any atom is 0.257 e. The number of aryl methyl sites for hydroxylation is 3. The summed E-state index contributed by atoms with van der Waals surface area (Å²) in [6.07, 6.45) is 10.8. The molecule has 10 aromatic carbocycles. The van der Waals surface area contributed by atoms with Crippen molar-refractivity contribution >= 4 is 137 Å². The van der Waals surface area contributed by atoms with E-state index in [1.54, 1.807) is 0 Å². The van der Waals surface area contributed by atoms with E-state index >= 15 is 0 Å². The molecule has 0 radical (unpaired) electrons. The van der Waals surface area contributed by atoms with Crippen LogP contribution in [0.4, 0.5) is 68.6 Å². The fourth-order valence-electron chi connectivity index (χ4n) is 23.9. The van der Waals surface area contributed by atoms with Crippen LogP contribution in [-0.2, 0) is 71.4 Å². The van der Waals surface area contributed by atoms with Gasteiger partial charge >= 0.3 is 0 Å². The number of fused-ring (bicyclic) bond motifs is 16. The molecule has 632 valence electrons. The molecule has 0 spiro atoms. The minimum atomic E-state index is -0.369. The third-order valence-electron chi connectivity index (χ3n) is 32.8. The number of anilines is 12. The number of benzene rings is 10. The second-order valence-corrected chi connectivity index (χ2v) is 48.6. The molecule has 0 saturated heterocycles. The summed E-state index contributed by atoms with van der Waals surface area (Å²) in [6.45, 7) is 70.9. The summed E-state index contributed by atoms with van der Waals surface area (Å²) in [5.74, 6) is 1.83. The molecule has 0 bridgehead atoms. The molecular weight excluding hydrogens is 1490 g/mol. The van der Waals surface area contributed by atoms with E-state index in [4.69, 9.17) is 8.83 Å². The van der Waals surface area contributed by atoms with Crippen molar-refractivity contribution in [1.82, 2.24) is 0 Å². The van der Waals surface area contributed by atoms with E-state index < -0.39 is 0 Å². The molecule has 4 aliphatic heterocycles.